The van der Waals surface area contributed by atoms with Crippen molar-refractivity contribution in [3.05, 3.63) is 47.7 Å². The smallest absolute Gasteiger partial charge is 0.326 e. The van der Waals surface area contributed by atoms with Gasteiger partial charge in [-0.25, -0.2) is 4.79 Å². The molecule has 2 amide bonds. The van der Waals surface area contributed by atoms with Gasteiger partial charge in [0.05, 0.1) is 6.26 Å². The van der Waals surface area contributed by atoms with Crippen molar-refractivity contribution in [2.24, 2.45) is 0 Å². The van der Waals surface area contributed by atoms with Crippen molar-refractivity contribution in [1.82, 2.24) is 0 Å². The van der Waals surface area contributed by atoms with Crippen LogP contribution in [0, 0.1) is 13.8 Å². The Hall–Kier alpha value is -2.23. The zero-order chi connectivity index (χ0) is 12.3. The fourth-order valence-corrected chi connectivity index (χ4v) is 1.67. The quantitative estimate of drug-likeness (QED) is 0.829. The van der Waals surface area contributed by atoms with Gasteiger partial charge in [-0.05, 0) is 43.2 Å². The minimum absolute atomic E-state index is 0.315. The molecule has 2 aromatic rings. The van der Waals surface area contributed by atoms with E-state index in [1.165, 1.54) is 6.26 Å². The van der Waals surface area contributed by atoms with Crippen molar-refractivity contribution >= 4 is 17.6 Å². The van der Waals surface area contributed by atoms with Crippen LogP contribution in [0.4, 0.5) is 16.4 Å². The van der Waals surface area contributed by atoms with Crippen LogP contribution in [0.2, 0.25) is 0 Å². The second-order valence-corrected chi connectivity index (χ2v) is 3.93. The third-order valence-electron chi connectivity index (χ3n) is 2.24. The van der Waals surface area contributed by atoms with Crippen LogP contribution < -0.4 is 10.6 Å². The van der Waals surface area contributed by atoms with Crippen LogP contribution in [0.25, 0.3) is 0 Å². The van der Waals surface area contributed by atoms with Gasteiger partial charge >= 0.3 is 6.03 Å². The lowest BCUT2D eigenvalue weighted by Gasteiger charge is -2.07. The SMILES string of the molecule is Cc1cc(C)cc(NC(=O)Nc2ccco2)c1. The van der Waals surface area contributed by atoms with E-state index >= 15 is 0 Å². The highest BCUT2D eigenvalue weighted by atomic mass is 16.3. The number of carbonyl (C=O) groups excluding carboxylic acids is 1. The Balaban J connectivity index is 2.03. The van der Waals surface area contributed by atoms with Crippen molar-refractivity contribution in [3.63, 3.8) is 0 Å². The van der Waals surface area contributed by atoms with Gasteiger partial charge < -0.3 is 9.73 Å². The summed E-state index contributed by atoms with van der Waals surface area (Å²) in [5.41, 5.74) is 2.99. The van der Waals surface area contributed by atoms with Gasteiger partial charge in [0.1, 0.15) is 0 Å². The van der Waals surface area contributed by atoms with E-state index in [0.29, 0.717) is 5.88 Å². The molecule has 2 N–H and O–H groups in total. The van der Waals surface area contributed by atoms with Gasteiger partial charge in [0.15, 0.2) is 0 Å². The summed E-state index contributed by atoms with van der Waals surface area (Å²) >= 11 is 0. The number of anilines is 2. The summed E-state index contributed by atoms with van der Waals surface area (Å²) in [4.78, 5) is 11.6. The normalized spacial score (nSPS) is 10.0. The highest BCUT2D eigenvalue weighted by Gasteiger charge is 2.04. The van der Waals surface area contributed by atoms with E-state index < -0.39 is 0 Å². The molecule has 1 aromatic heterocycles. The van der Waals surface area contributed by atoms with Gasteiger partial charge in [0.2, 0.25) is 5.88 Å². The molecule has 0 aliphatic rings. The maximum Gasteiger partial charge on any atom is 0.326 e. The van der Waals surface area contributed by atoms with E-state index in [4.69, 9.17) is 4.42 Å². The number of nitrogens with one attached hydrogen (secondary N) is 2. The molecule has 0 atom stereocenters. The summed E-state index contributed by atoms with van der Waals surface area (Å²) in [6.07, 6.45) is 1.51. The van der Waals surface area contributed by atoms with Gasteiger partial charge in [-0.3, -0.25) is 5.32 Å². The molecule has 0 aliphatic carbocycles. The van der Waals surface area contributed by atoms with E-state index in [0.717, 1.165) is 16.8 Å². The molecule has 17 heavy (non-hydrogen) atoms. The monoisotopic (exact) mass is 230 g/mol. The first-order valence-electron chi connectivity index (χ1n) is 5.33. The predicted molar refractivity (Wildman–Crippen MR) is 67.3 cm³/mol. The first-order chi connectivity index (χ1) is 8.13. The minimum Gasteiger partial charge on any atom is -0.449 e. The molecule has 0 radical (unpaired) electrons. The number of amides is 2. The molecule has 2 rings (SSSR count). The molecule has 0 saturated carbocycles. The molecule has 0 aliphatic heterocycles. The highest BCUT2D eigenvalue weighted by molar-refractivity contribution is 5.98. The number of urea groups is 1. The van der Waals surface area contributed by atoms with Gasteiger partial charge in [-0.1, -0.05) is 6.07 Å². The molecule has 1 heterocycles. The topological polar surface area (TPSA) is 54.3 Å². The molecule has 88 valence electrons. The van der Waals surface area contributed by atoms with Crippen LogP contribution in [-0.4, -0.2) is 6.03 Å². The molecule has 0 fully saturated rings. The number of furan rings is 1. The molecule has 1 aromatic carbocycles. The number of hydrogen-bond donors (Lipinski definition) is 2. The van der Waals surface area contributed by atoms with Crippen molar-refractivity contribution in [3.8, 4) is 0 Å². The van der Waals surface area contributed by atoms with Gasteiger partial charge in [0.25, 0.3) is 0 Å². The van der Waals surface area contributed by atoms with E-state index in [1.807, 2.05) is 26.0 Å². The third-order valence-corrected chi connectivity index (χ3v) is 2.24. The maximum absolute atomic E-state index is 11.6. The predicted octanol–water partition coefficient (Wildman–Crippen LogP) is 3.54. The number of benzene rings is 1. The first-order valence-corrected chi connectivity index (χ1v) is 5.33. The molecule has 0 spiro atoms. The Labute approximate surface area is 99.6 Å². The zero-order valence-electron chi connectivity index (χ0n) is 9.78. The summed E-state index contributed by atoms with van der Waals surface area (Å²) < 4.78 is 5.02. The second-order valence-electron chi connectivity index (χ2n) is 3.93. The zero-order valence-corrected chi connectivity index (χ0v) is 9.78. The van der Waals surface area contributed by atoms with Crippen molar-refractivity contribution in [1.29, 1.82) is 0 Å². The number of carbonyl (C=O) groups is 1. The summed E-state index contributed by atoms with van der Waals surface area (Å²) in [7, 11) is 0. The maximum atomic E-state index is 11.6. The van der Waals surface area contributed by atoms with E-state index in [9.17, 15) is 4.79 Å². The second kappa shape index (κ2) is 4.74. The number of hydrogen-bond acceptors (Lipinski definition) is 2. The molecule has 0 unspecified atom stereocenters. The van der Waals surface area contributed by atoms with Crippen molar-refractivity contribution in [2.75, 3.05) is 10.6 Å². The fraction of sp³-hybridized carbons (Fsp3) is 0.154. The Kier molecular flexibility index (Phi) is 3.14. The lowest BCUT2D eigenvalue weighted by Crippen LogP contribution is -2.19. The van der Waals surface area contributed by atoms with Crippen molar-refractivity contribution in [2.45, 2.75) is 13.8 Å². The lowest BCUT2D eigenvalue weighted by molar-refractivity contribution is 0.261. The minimum atomic E-state index is -0.315. The largest absolute Gasteiger partial charge is 0.449 e. The standard InChI is InChI=1S/C13H14N2O2/c1-9-6-10(2)8-11(7-9)14-13(16)15-12-4-3-5-17-12/h3-8H,1-2H3,(H2,14,15,16). The van der Waals surface area contributed by atoms with Crippen LogP contribution >= 0.6 is 0 Å². The average Bonchev–Trinajstić information content (AvgIpc) is 2.67. The van der Waals surface area contributed by atoms with Crippen LogP contribution in [0.1, 0.15) is 11.1 Å². The van der Waals surface area contributed by atoms with E-state index in [-0.39, 0.29) is 6.03 Å². The van der Waals surface area contributed by atoms with Crippen LogP contribution in [0.15, 0.2) is 41.0 Å². The molecule has 0 saturated heterocycles. The molecule has 4 nitrogen and oxygen atoms in total. The highest BCUT2D eigenvalue weighted by Crippen LogP contribution is 2.14. The molecular formula is C13H14N2O2. The Morgan fingerprint density at radius 2 is 1.82 bits per heavy atom. The number of rotatable bonds is 2. The Morgan fingerprint density at radius 3 is 2.41 bits per heavy atom. The molecule has 0 bridgehead atoms. The van der Waals surface area contributed by atoms with Gasteiger partial charge in [0, 0.05) is 11.8 Å². The van der Waals surface area contributed by atoms with Crippen LogP contribution in [0.3, 0.4) is 0 Å². The van der Waals surface area contributed by atoms with Crippen molar-refractivity contribution < 1.29 is 9.21 Å². The molecule has 4 heteroatoms. The first kappa shape index (κ1) is 11.3. The summed E-state index contributed by atoms with van der Waals surface area (Å²) in [6, 6.07) is 8.96. The average molecular weight is 230 g/mol. The van der Waals surface area contributed by atoms with Crippen LogP contribution in [0.5, 0.6) is 0 Å². The number of aryl methyl sites for hydroxylation is 2. The van der Waals surface area contributed by atoms with Gasteiger partial charge in [-0.15, -0.1) is 0 Å². The summed E-state index contributed by atoms with van der Waals surface area (Å²) in [5, 5.41) is 5.34. The lowest BCUT2D eigenvalue weighted by atomic mass is 10.1. The summed E-state index contributed by atoms with van der Waals surface area (Å²) in [6.45, 7) is 3.98. The van der Waals surface area contributed by atoms with Gasteiger partial charge in [-0.2, -0.15) is 0 Å². The fourth-order valence-electron chi connectivity index (χ4n) is 1.67. The van der Waals surface area contributed by atoms with E-state index in [2.05, 4.69) is 16.7 Å². The Morgan fingerprint density at radius 1 is 1.12 bits per heavy atom. The Bertz CT molecular complexity index is 498. The van der Waals surface area contributed by atoms with E-state index in [1.54, 1.807) is 12.1 Å². The van der Waals surface area contributed by atoms with Crippen LogP contribution in [-0.2, 0) is 0 Å². The summed E-state index contributed by atoms with van der Waals surface area (Å²) in [5.74, 6) is 0.423. The molecular weight excluding hydrogens is 216 g/mol. The third kappa shape index (κ3) is 3.11.